The molecule has 0 saturated carbocycles. The topological polar surface area (TPSA) is 79.3 Å². The molecule has 7 nitrogen and oxygen atoms in total. The van der Waals surface area contributed by atoms with Gasteiger partial charge in [0.1, 0.15) is 17.4 Å². The van der Waals surface area contributed by atoms with Crippen LogP contribution in [0.1, 0.15) is 31.6 Å². The number of anilines is 2. The molecule has 7 heteroatoms. The van der Waals surface area contributed by atoms with Gasteiger partial charge >= 0.3 is 0 Å². The second-order valence-corrected chi connectivity index (χ2v) is 7.09. The minimum Gasteiger partial charge on any atom is -0.369 e. The first-order chi connectivity index (χ1) is 12.5. The Morgan fingerprint density at radius 3 is 2.58 bits per heavy atom. The van der Waals surface area contributed by atoms with Gasteiger partial charge in [0.05, 0.1) is 11.4 Å². The normalized spacial score (nSPS) is 19.5. The van der Waals surface area contributed by atoms with E-state index in [-0.39, 0.29) is 17.9 Å². The van der Waals surface area contributed by atoms with Crippen LogP contribution in [-0.2, 0) is 9.59 Å². The molecule has 1 aromatic heterocycles. The Bertz CT molecular complexity index is 851. The minimum absolute atomic E-state index is 0.0122. The summed E-state index contributed by atoms with van der Waals surface area (Å²) in [5.74, 6) is 0.878. The largest absolute Gasteiger partial charge is 0.369 e. The molecule has 2 aliphatic heterocycles. The van der Waals surface area contributed by atoms with Crippen LogP contribution in [0.3, 0.4) is 0 Å². The van der Waals surface area contributed by atoms with Crippen molar-refractivity contribution in [1.29, 1.82) is 0 Å². The first-order valence-electron chi connectivity index (χ1n) is 8.97. The lowest BCUT2D eigenvalue weighted by molar-refractivity contribution is -0.137. The Hall–Kier alpha value is -2.83. The van der Waals surface area contributed by atoms with E-state index in [0.29, 0.717) is 25.9 Å². The van der Waals surface area contributed by atoms with E-state index in [1.54, 1.807) is 6.20 Å². The highest BCUT2D eigenvalue weighted by molar-refractivity contribution is 6.06. The van der Waals surface area contributed by atoms with Crippen molar-refractivity contribution in [3.63, 3.8) is 0 Å². The first-order valence-corrected chi connectivity index (χ1v) is 8.97. The zero-order valence-corrected chi connectivity index (χ0v) is 15.0. The average Bonchev–Trinajstić information content (AvgIpc) is 3.08. The second-order valence-electron chi connectivity index (χ2n) is 7.09. The number of aromatic nitrogens is 2. The number of hydrogen-bond acceptors (Lipinski definition) is 4. The number of benzene rings is 1. The lowest BCUT2D eigenvalue weighted by Crippen LogP contribution is -2.59. The summed E-state index contributed by atoms with van der Waals surface area (Å²) in [7, 11) is 0. The summed E-state index contributed by atoms with van der Waals surface area (Å²) in [4.78, 5) is 31.6. The molecule has 4 rings (SSSR count). The molecule has 0 bridgehead atoms. The highest BCUT2D eigenvalue weighted by Crippen LogP contribution is 2.36. The van der Waals surface area contributed by atoms with Gasteiger partial charge in [0, 0.05) is 25.5 Å². The van der Waals surface area contributed by atoms with E-state index in [1.165, 1.54) is 0 Å². The van der Waals surface area contributed by atoms with Gasteiger partial charge in [-0.2, -0.15) is 0 Å². The molecular weight excluding hydrogens is 330 g/mol. The third-order valence-corrected chi connectivity index (χ3v) is 5.55. The highest BCUT2D eigenvalue weighted by atomic mass is 16.2. The Morgan fingerprint density at radius 1 is 1.23 bits per heavy atom. The predicted molar refractivity (Wildman–Crippen MR) is 98.9 cm³/mol. The van der Waals surface area contributed by atoms with Crippen molar-refractivity contribution in [3.05, 3.63) is 42.5 Å². The minimum atomic E-state index is -0.640. The van der Waals surface area contributed by atoms with Gasteiger partial charge < -0.3 is 20.1 Å². The SMILES string of the molecule is Cc1nccn1[C@H](C)C(=O)N1CCC2(CC1)Nc1ccccc1NC2=O. The van der Waals surface area contributed by atoms with Crippen LogP contribution in [0.4, 0.5) is 11.4 Å². The van der Waals surface area contributed by atoms with Crippen LogP contribution in [0.2, 0.25) is 0 Å². The molecule has 1 aromatic carbocycles. The lowest BCUT2D eigenvalue weighted by Gasteiger charge is -2.44. The molecule has 2 aliphatic rings. The summed E-state index contributed by atoms with van der Waals surface area (Å²) < 4.78 is 1.88. The van der Waals surface area contributed by atoms with Crippen LogP contribution in [-0.4, -0.2) is 44.9 Å². The van der Waals surface area contributed by atoms with Crippen molar-refractivity contribution in [2.75, 3.05) is 23.7 Å². The third kappa shape index (κ3) is 2.64. The summed E-state index contributed by atoms with van der Waals surface area (Å²) in [6, 6.07) is 7.42. The van der Waals surface area contributed by atoms with E-state index in [0.717, 1.165) is 17.2 Å². The number of nitrogens with zero attached hydrogens (tertiary/aromatic N) is 3. The van der Waals surface area contributed by atoms with Crippen molar-refractivity contribution < 1.29 is 9.59 Å². The molecule has 0 aliphatic carbocycles. The highest BCUT2D eigenvalue weighted by Gasteiger charge is 2.45. The van der Waals surface area contributed by atoms with Crippen molar-refractivity contribution in [2.24, 2.45) is 0 Å². The Kier molecular flexibility index (Phi) is 3.94. The molecule has 1 spiro atoms. The van der Waals surface area contributed by atoms with Crippen LogP contribution >= 0.6 is 0 Å². The summed E-state index contributed by atoms with van der Waals surface area (Å²) in [6.07, 6.45) is 4.72. The van der Waals surface area contributed by atoms with E-state index in [4.69, 9.17) is 0 Å². The molecule has 3 heterocycles. The van der Waals surface area contributed by atoms with Crippen LogP contribution in [0, 0.1) is 6.92 Å². The predicted octanol–water partition coefficient (Wildman–Crippen LogP) is 2.18. The van der Waals surface area contributed by atoms with Gasteiger partial charge in [-0.3, -0.25) is 9.59 Å². The molecule has 136 valence electrons. The Balaban J connectivity index is 1.47. The van der Waals surface area contributed by atoms with Gasteiger partial charge in [0.2, 0.25) is 11.8 Å². The second kappa shape index (κ2) is 6.16. The van der Waals surface area contributed by atoms with Gasteiger partial charge in [-0.05, 0) is 38.8 Å². The first kappa shape index (κ1) is 16.6. The molecule has 2 amide bonds. The number of amides is 2. The number of hydrogen-bond donors (Lipinski definition) is 2. The van der Waals surface area contributed by atoms with Crippen LogP contribution < -0.4 is 10.6 Å². The standard InChI is InChI=1S/C19H23N5O2/c1-13(24-12-9-20-14(24)2)17(25)23-10-7-19(8-11-23)18(26)21-15-5-3-4-6-16(15)22-19/h3-6,9,12-13,22H,7-8,10-11H2,1-2H3,(H,21,26)/t13-/m1/s1. The fraction of sp³-hybridized carbons (Fsp3) is 0.421. The molecule has 2 aromatic rings. The van der Waals surface area contributed by atoms with E-state index >= 15 is 0 Å². The van der Waals surface area contributed by atoms with Crippen molar-refractivity contribution in [1.82, 2.24) is 14.5 Å². The monoisotopic (exact) mass is 353 g/mol. The number of rotatable bonds is 2. The number of piperidine rings is 1. The number of para-hydroxylation sites is 2. The Labute approximate surface area is 152 Å². The summed E-state index contributed by atoms with van der Waals surface area (Å²) in [5, 5.41) is 6.42. The van der Waals surface area contributed by atoms with E-state index in [1.807, 2.05) is 53.8 Å². The zero-order chi connectivity index (χ0) is 18.3. The number of nitrogens with one attached hydrogen (secondary N) is 2. The van der Waals surface area contributed by atoms with Crippen molar-refractivity contribution in [3.8, 4) is 0 Å². The van der Waals surface area contributed by atoms with E-state index < -0.39 is 5.54 Å². The van der Waals surface area contributed by atoms with Crippen LogP contribution in [0.5, 0.6) is 0 Å². The number of likely N-dealkylation sites (tertiary alicyclic amines) is 1. The maximum atomic E-state index is 12.9. The maximum absolute atomic E-state index is 12.9. The fourth-order valence-corrected chi connectivity index (χ4v) is 3.90. The fourth-order valence-electron chi connectivity index (χ4n) is 3.90. The molecule has 2 N–H and O–H groups in total. The number of aryl methyl sites for hydroxylation is 1. The van der Waals surface area contributed by atoms with Gasteiger partial charge in [-0.25, -0.2) is 4.98 Å². The maximum Gasteiger partial charge on any atom is 0.250 e. The summed E-state index contributed by atoms with van der Waals surface area (Å²) in [5.41, 5.74) is 1.11. The number of imidazole rings is 1. The molecule has 1 fully saturated rings. The smallest absolute Gasteiger partial charge is 0.250 e. The summed E-state index contributed by atoms with van der Waals surface area (Å²) in [6.45, 7) is 4.89. The Morgan fingerprint density at radius 2 is 1.92 bits per heavy atom. The molecule has 1 saturated heterocycles. The molecular formula is C19H23N5O2. The zero-order valence-electron chi connectivity index (χ0n) is 15.0. The molecule has 0 radical (unpaired) electrons. The summed E-state index contributed by atoms with van der Waals surface area (Å²) >= 11 is 0. The number of fused-ring (bicyclic) bond motifs is 1. The molecule has 1 atom stereocenters. The van der Waals surface area contributed by atoms with Gasteiger partial charge in [-0.15, -0.1) is 0 Å². The quantitative estimate of drug-likeness (QED) is 0.867. The lowest BCUT2D eigenvalue weighted by atomic mass is 9.84. The average molecular weight is 353 g/mol. The van der Waals surface area contributed by atoms with Gasteiger partial charge in [0.25, 0.3) is 0 Å². The molecule has 26 heavy (non-hydrogen) atoms. The van der Waals surface area contributed by atoms with Crippen molar-refractivity contribution >= 4 is 23.2 Å². The van der Waals surface area contributed by atoms with Crippen LogP contribution in [0.25, 0.3) is 0 Å². The molecule has 0 unspecified atom stereocenters. The number of carbonyl (C=O) groups is 2. The van der Waals surface area contributed by atoms with Crippen LogP contribution in [0.15, 0.2) is 36.7 Å². The third-order valence-electron chi connectivity index (χ3n) is 5.55. The van der Waals surface area contributed by atoms with Crippen molar-refractivity contribution in [2.45, 2.75) is 38.3 Å². The van der Waals surface area contributed by atoms with Gasteiger partial charge in [0.15, 0.2) is 0 Å². The van der Waals surface area contributed by atoms with Gasteiger partial charge in [-0.1, -0.05) is 12.1 Å². The van der Waals surface area contributed by atoms with E-state index in [2.05, 4.69) is 15.6 Å². The van der Waals surface area contributed by atoms with E-state index in [9.17, 15) is 9.59 Å². The number of carbonyl (C=O) groups excluding carboxylic acids is 2.